The predicted molar refractivity (Wildman–Crippen MR) is 71.2 cm³/mol. The summed E-state index contributed by atoms with van der Waals surface area (Å²) in [6, 6.07) is 1.54. The van der Waals surface area contributed by atoms with Gasteiger partial charge in [-0.3, -0.25) is 9.48 Å². The van der Waals surface area contributed by atoms with E-state index in [0.717, 1.165) is 16.8 Å². The van der Waals surface area contributed by atoms with E-state index < -0.39 is 15.9 Å². The highest BCUT2D eigenvalue weighted by molar-refractivity contribution is 7.94. The van der Waals surface area contributed by atoms with Crippen LogP contribution in [-0.4, -0.2) is 35.9 Å². The lowest BCUT2D eigenvalue weighted by Crippen LogP contribution is -2.35. The Bertz CT molecular complexity index is 616. The standard InChI is InChI=1S/C12H17N3O3S/c1-9-7-10(2)15(14-9)5-3-12(16)13-11-4-6-19(17,18)8-11/h4,6-7,11H,3,5,8H2,1-2H3,(H,13,16). The monoisotopic (exact) mass is 283 g/mol. The maximum Gasteiger partial charge on any atom is 0.222 e. The molecule has 1 aromatic rings. The summed E-state index contributed by atoms with van der Waals surface area (Å²) >= 11 is 0. The molecule has 1 N–H and O–H groups in total. The first-order chi connectivity index (χ1) is 8.85. The van der Waals surface area contributed by atoms with Crippen LogP contribution in [0.1, 0.15) is 17.8 Å². The van der Waals surface area contributed by atoms with Crippen LogP contribution in [0.2, 0.25) is 0 Å². The molecule has 0 radical (unpaired) electrons. The minimum atomic E-state index is -3.12. The smallest absolute Gasteiger partial charge is 0.222 e. The van der Waals surface area contributed by atoms with Gasteiger partial charge in [-0.2, -0.15) is 5.10 Å². The Balaban J connectivity index is 1.83. The fraction of sp³-hybridized carbons (Fsp3) is 0.500. The van der Waals surface area contributed by atoms with Crippen LogP contribution in [0.15, 0.2) is 17.6 Å². The van der Waals surface area contributed by atoms with E-state index in [1.165, 1.54) is 6.08 Å². The van der Waals surface area contributed by atoms with Crippen LogP contribution < -0.4 is 5.32 Å². The van der Waals surface area contributed by atoms with E-state index in [1.54, 1.807) is 4.68 Å². The van der Waals surface area contributed by atoms with Crippen molar-refractivity contribution in [2.75, 3.05) is 5.75 Å². The molecule has 1 unspecified atom stereocenters. The number of carbonyl (C=O) groups excluding carboxylic acids is 1. The van der Waals surface area contributed by atoms with Crippen molar-refractivity contribution in [3.8, 4) is 0 Å². The minimum Gasteiger partial charge on any atom is -0.349 e. The zero-order valence-electron chi connectivity index (χ0n) is 11.0. The number of hydrogen-bond acceptors (Lipinski definition) is 4. The topological polar surface area (TPSA) is 81.1 Å². The minimum absolute atomic E-state index is 0.0430. The van der Waals surface area contributed by atoms with Gasteiger partial charge in [0.2, 0.25) is 5.91 Å². The lowest BCUT2D eigenvalue weighted by atomic mass is 10.3. The lowest BCUT2D eigenvalue weighted by Gasteiger charge is -2.10. The van der Waals surface area contributed by atoms with Crippen molar-refractivity contribution in [3.05, 3.63) is 28.9 Å². The molecule has 0 saturated carbocycles. The summed E-state index contributed by atoms with van der Waals surface area (Å²) in [6.07, 6.45) is 1.79. The highest BCUT2D eigenvalue weighted by atomic mass is 32.2. The second-order valence-corrected chi connectivity index (χ2v) is 6.66. The number of hydrogen-bond donors (Lipinski definition) is 1. The summed E-state index contributed by atoms with van der Waals surface area (Å²) < 4.78 is 24.2. The van der Waals surface area contributed by atoms with E-state index in [2.05, 4.69) is 10.4 Å². The zero-order valence-corrected chi connectivity index (χ0v) is 11.8. The average Bonchev–Trinajstić information content (AvgIpc) is 2.78. The Morgan fingerprint density at radius 2 is 2.26 bits per heavy atom. The molecule has 0 aliphatic carbocycles. The summed E-state index contributed by atoms with van der Waals surface area (Å²) in [4.78, 5) is 11.7. The Labute approximate surface area is 112 Å². The molecule has 0 fully saturated rings. The number of carbonyl (C=O) groups is 1. The third-order valence-electron chi connectivity index (χ3n) is 2.93. The van der Waals surface area contributed by atoms with Gasteiger partial charge < -0.3 is 5.32 Å². The van der Waals surface area contributed by atoms with Gasteiger partial charge in [-0.1, -0.05) is 0 Å². The third kappa shape index (κ3) is 3.66. The predicted octanol–water partition coefficient (Wildman–Crippen LogP) is 0.317. The van der Waals surface area contributed by atoms with Crippen molar-refractivity contribution >= 4 is 15.7 Å². The first-order valence-corrected chi connectivity index (χ1v) is 7.79. The molecule has 7 heteroatoms. The molecule has 1 aliphatic heterocycles. The summed E-state index contributed by atoms with van der Waals surface area (Å²) in [5.41, 5.74) is 1.93. The molecule has 0 bridgehead atoms. The Kier molecular flexibility index (Phi) is 3.75. The number of aromatic nitrogens is 2. The van der Waals surface area contributed by atoms with Crippen molar-refractivity contribution < 1.29 is 13.2 Å². The number of rotatable bonds is 4. The van der Waals surface area contributed by atoms with Gasteiger partial charge in [-0.05, 0) is 26.0 Å². The van der Waals surface area contributed by atoms with E-state index in [-0.39, 0.29) is 18.1 Å². The van der Waals surface area contributed by atoms with Gasteiger partial charge in [-0.15, -0.1) is 0 Å². The second kappa shape index (κ2) is 5.16. The number of amides is 1. The van der Waals surface area contributed by atoms with Gasteiger partial charge >= 0.3 is 0 Å². The van der Waals surface area contributed by atoms with Gasteiger partial charge in [0, 0.05) is 24.1 Å². The van der Waals surface area contributed by atoms with Gasteiger partial charge in [0.1, 0.15) is 0 Å². The summed E-state index contributed by atoms with van der Waals surface area (Å²) in [7, 11) is -3.12. The van der Waals surface area contributed by atoms with E-state index in [0.29, 0.717) is 6.54 Å². The Hall–Kier alpha value is -1.63. The average molecular weight is 283 g/mol. The summed E-state index contributed by atoms with van der Waals surface area (Å²) in [5, 5.41) is 8.10. The zero-order chi connectivity index (χ0) is 14.0. The largest absolute Gasteiger partial charge is 0.349 e. The molecule has 6 nitrogen and oxygen atoms in total. The van der Waals surface area contributed by atoms with E-state index >= 15 is 0 Å². The van der Waals surface area contributed by atoms with Crippen molar-refractivity contribution in [3.63, 3.8) is 0 Å². The number of sulfone groups is 1. The molecule has 0 aromatic carbocycles. The number of aryl methyl sites for hydroxylation is 3. The quantitative estimate of drug-likeness (QED) is 0.862. The molecular weight excluding hydrogens is 266 g/mol. The van der Waals surface area contributed by atoms with Crippen LogP contribution >= 0.6 is 0 Å². The first kappa shape index (κ1) is 13.8. The van der Waals surface area contributed by atoms with Crippen molar-refractivity contribution in [1.29, 1.82) is 0 Å². The van der Waals surface area contributed by atoms with Crippen molar-refractivity contribution in [1.82, 2.24) is 15.1 Å². The second-order valence-electron chi connectivity index (χ2n) is 4.73. The van der Waals surface area contributed by atoms with Crippen LogP contribution in [0, 0.1) is 13.8 Å². The number of nitrogens with one attached hydrogen (secondary N) is 1. The molecule has 104 valence electrons. The maximum absolute atomic E-state index is 11.7. The fourth-order valence-corrected chi connectivity index (χ4v) is 3.29. The molecule has 0 saturated heterocycles. The maximum atomic E-state index is 11.7. The Morgan fingerprint density at radius 1 is 1.53 bits per heavy atom. The van der Waals surface area contributed by atoms with Crippen LogP contribution in [0.5, 0.6) is 0 Å². The fourth-order valence-electron chi connectivity index (χ4n) is 2.05. The Morgan fingerprint density at radius 3 is 2.79 bits per heavy atom. The SMILES string of the molecule is Cc1cc(C)n(CCC(=O)NC2C=CS(=O)(=O)C2)n1. The summed E-state index contributed by atoms with van der Waals surface area (Å²) in [5.74, 6) is -0.210. The van der Waals surface area contributed by atoms with Crippen LogP contribution in [0.4, 0.5) is 0 Å². The van der Waals surface area contributed by atoms with E-state index in [1.807, 2.05) is 19.9 Å². The van der Waals surface area contributed by atoms with Gasteiger partial charge in [0.15, 0.2) is 9.84 Å². The number of nitrogens with zero attached hydrogens (tertiary/aromatic N) is 2. The molecule has 0 spiro atoms. The third-order valence-corrected chi connectivity index (χ3v) is 4.33. The van der Waals surface area contributed by atoms with Crippen LogP contribution in [0.3, 0.4) is 0 Å². The normalized spacial score (nSPS) is 20.6. The molecular formula is C12H17N3O3S. The van der Waals surface area contributed by atoms with Gasteiger partial charge in [0.25, 0.3) is 0 Å². The highest BCUT2D eigenvalue weighted by Crippen LogP contribution is 2.08. The van der Waals surface area contributed by atoms with Crippen LogP contribution in [0.25, 0.3) is 0 Å². The molecule has 1 aliphatic rings. The van der Waals surface area contributed by atoms with E-state index in [9.17, 15) is 13.2 Å². The highest BCUT2D eigenvalue weighted by Gasteiger charge is 2.22. The molecule has 1 atom stereocenters. The van der Waals surface area contributed by atoms with Gasteiger partial charge in [-0.25, -0.2) is 8.42 Å². The molecule has 1 amide bonds. The van der Waals surface area contributed by atoms with Crippen LogP contribution in [-0.2, 0) is 21.2 Å². The first-order valence-electron chi connectivity index (χ1n) is 6.07. The van der Waals surface area contributed by atoms with Crippen molar-refractivity contribution in [2.45, 2.75) is 32.9 Å². The lowest BCUT2D eigenvalue weighted by molar-refractivity contribution is -0.121. The molecule has 1 aromatic heterocycles. The molecule has 2 heterocycles. The van der Waals surface area contributed by atoms with Crippen molar-refractivity contribution in [2.24, 2.45) is 0 Å². The molecule has 2 rings (SSSR count). The molecule has 19 heavy (non-hydrogen) atoms. The van der Waals surface area contributed by atoms with Gasteiger partial charge in [0.05, 0.1) is 17.5 Å². The summed E-state index contributed by atoms with van der Waals surface area (Å²) in [6.45, 7) is 4.33. The van der Waals surface area contributed by atoms with E-state index in [4.69, 9.17) is 0 Å².